The van der Waals surface area contributed by atoms with Crippen molar-refractivity contribution >= 4 is 8.60 Å². The molecule has 0 radical (unpaired) electrons. The van der Waals surface area contributed by atoms with E-state index in [1.165, 1.54) is 11.1 Å². The lowest BCUT2D eigenvalue weighted by molar-refractivity contribution is 0.249. The molecule has 2 aromatic rings. The van der Waals surface area contributed by atoms with Crippen LogP contribution in [0.1, 0.15) is 31.4 Å². The van der Waals surface area contributed by atoms with E-state index in [1.807, 2.05) is 48.5 Å². The van der Waals surface area contributed by atoms with Crippen LogP contribution in [0.2, 0.25) is 0 Å². The molecule has 0 saturated heterocycles. The average Bonchev–Trinajstić information content (AvgIpc) is 2.51. The van der Waals surface area contributed by atoms with Crippen LogP contribution in [0.3, 0.4) is 0 Å². The lowest BCUT2D eigenvalue weighted by Gasteiger charge is -2.18. The minimum absolute atomic E-state index is 0.589. The summed E-state index contributed by atoms with van der Waals surface area (Å²) in [6.45, 7) is 9.07. The zero-order valence-corrected chi connectivity index (χ0v) is 15.2. The first-order valence-corrected chi connectivity index (χ1v) is 9.05. The average molecular weight is 332 g/mol. The normalized spacial score (nSPS) is 11.0. The zero-order valence-electron chi connectivity index (χ0n) is 14.3. The van der Waals surface area contributed by atoms with E-state index in [4.69, 9.17) is 13.6 Å². The highest BCUT2D eigenvalue weighted by molar-refractivity contribution is 7.42. The van der Waals surface area contributed by atoms with Gasteiger partial charge in [0.05, 0.1) is 6.61 Å². The van der Waals surface area contributed by atoms with Crippen LogP contribution in [-0.4, -0.2) is 6.61 Å². The first kappa shape index (κ1) is 17.8. The first-order chi connectivity index (χ1) is 11.0. The lowest BCUT2D eigenvalue weighted by Crippen LogP contribution is -2.03. The number of benzene rings is 2. The summed E-state index contributed by atoms with van der Waals surface area (Å²) < 4.78 is 17.7. The zero-order chi connectivity index (χ0) is 16.7. The molecule has 0 aliphatic carbocycles. The van der Waals surface area contributed by atoms with E-state index in [9.17, 15) is 0 Å². The van der Waals surface area contributed by atoms with Gasteiger partial charge < -0.3 is 9.05 Å². The van der Waals surface area contributed by atoms with Gasteiger partial charge in [-0.2, -0.15) is 0 Å². The number of rotatable bonds is 8. The molecule has 124 valence electrons. The van der Waals surface area contributed by atoms with E-state index < -0.39 is 8.60 Å². The van der Waals surface area contributed by atoms with Crippen molar-refractivity contribution in [2.24, 2.45) is 5.92 Å². The van der Waals surface area contributed by atoms with Crippen LogP contribution >= 0.6 is 8.60 Å². The van der Waals surface area contributed by atoms with Crippen LogP contribution in [0.5, 0.6) is 11.5 Å². The number of aryl methyl sites for hydroxylation is 2. The smallest absolute Gasteiger partial charge is 0.418 e. The van der Waals surface area contributed by atoms with Crippen molar-refractivity contribution in [2.75, 3.05) is 6.61 Å². The third kappa shape index (κ3) is 6.60. The standard InChI is InChI=1S/C19H25O3P/c1-15(2)13-14-20-23(21-18-9-5-16(3)6-10-18)22-19-11-7-17(4)8-12-19/h5-12,15H,13-14H2,1-4H3. The van der Waals surface area contributed by atoms with Crippen molar-refractivity contribution < 1.29 is 13.6 Å². The fourth-order valence-corrected chi connectivity index (χ4v) is 2.79. The van der Waals surface area contributed by atoms with Crippen molar-refractivity contribution in [1.29, 1.82) is 0 Å². The van der Waals surface area contributed by atoms with Gasteiger partial charge >= 0.3 is 8.60 Å². The van der Waals surface area contributed by atoms with Crippen LogP contribution < -0.4 is 9.05 Å². The van der Waals surface area contributed by atoms with Gasteiger partial charge in [0.25, 0.3) is 0 Å². The lowest BCUT2D eigenvalue weighted by atomic mass is 10.2. The summed E-state index contributed by atoms with van der Waals surface area (Å²) in [5, 5.41) is 0. The molecule has 4 heteroatoms. The Morgan fingerprint density at radius 3 is 1.61 bits per heavy atom. The van der Waals surface area contributed by atoms with Gasteiger partial charge in [0.1, 0.15) is 11.5 Å². The molecule has 0 unspecified atom stereocenters. The molecule has 0 heterocycles. The molecule has 0 atom stereocenters. The third-order valence-corrected chi connectivity index (χ3v) is 4.41. The minimum Gasteiger partial charge on any atom is -0.418 e. The summed E-state index contributed by atoms with van der Waals surface area (Å²) in [6, 6.07) is 15.8. The maximum atomic E-state index is 5.91. The molecule has 0 aromatic heterocycles. The second kappa shape index (κ2) is 8.90. The van der Waals surface area contributed by atoms with E-state index >= 15 is 0 Å². The highest BCUT2D eigenvalue weighted by Crippen LogP contribution is 2.41. The van der Waals surface area contributed by atoms with Gasteiger partial charge in [-0.1, -0.05) is 49.2 Å². The van der Waals surface area contributed by atoms with Gasteiger partial charge in [-0.05, 0) is 50.5 Å². The third-order valence-electron chi connectivity index (χ3n) is 3.29. The van der Waals surface area contributed by atoms with Crippen molar-refractivity contribution in [3.05, 3.63) is 59.7 Å². The van der Waals surface area contributed by atoms with Crippen LogP contribution in [0.25, 0.3) is 0 Å². The van der Waals surface area contributed by atoms with Crippen molar-refractivity contribution in [2.45, 2.75) is 34.1 Å². The predicted molar refractivity (Wildman–Crippen MR) is 95.9 cm³/mol. The summed E-state index contributed by atoms with van der Waals surface area (Å²) >= 11 is 0. The van der Waals surface area contributed by atoms with Crippen molar-refractivity contribution in [3.8, 4) is 11.5 Å². The SMILES string of the molecule is Cc1ccc(OP(OCCC(C)C)Oc2ccc(C)cc2)cc1. The van der Waals surface area contributed by atoms with Crippen molar-refractivity contribution in [3.63, 3.8) is 0 Å². The molecular formula is C19H25O3P. The predicted octanol–water partition coefficient (Wildman–Crippen LogP) is 6.05. The molecule has 0 N–H and O–H groups in total. The van der Waals surface area contributed by atoms with Gasteiger partial charge in [0.15, 0.2) is 0 Å². The Balaban J connectivity index is 2.00. The van der Waals surface area contributed by atoms with Crippen LogP contribution in [0, 0.1) is 19.8 Å². The quantitative estimate of drug-likeness (QED) is 0.551. The molecule has 2 aromatic carbocycles. The molecule has 23 heavy (non-hydrogen) atoms. The molecule has 0 amide bonds. The molecule has 0 spiro atoms. The minimum atomic E-state index is -1.46. The Hall–Kier alpha value is -1.57. The molecule has 0 aliphatic heterocycles. The van der Waals surface area contributed by atoms with E-state index in [-0.39, 0.29) is 0 Å². The Kier molecular flexibility index (Phi) is 6.88. The summed E-state index contributed by atoms with van der Waals surface area (Å²) in [5.74, 6) is 2.11. The van der Waals surface area contributed by atoms with E-state index in [1.54, 1.807) is 0 Å². The van der Waals surface area contributed by atoms with E-state index in [0.717, 1.165) is 17.9 Å². The Morgan fingerprint density at radius 1 is 0.783 bits per heavy atom. The Morgan fingerprint density at radius 2 is 1.22 bits per heavy atom. The molecule has 2 rings (SSSR count). The monoisotopic (exact) mass is 332 g/mol. The highest BCUT2D eigenvalue weighted by atomic mass is 31.2. The van der Waals surface area contributed by atoms with Crippen LogP contribution in [0.4, 0.5) is 0 Å². The Bertz CT molecular complexity index is 531. The Labute approximate surface area is 140 Å². The van der Waals surface area contributed by atoms with Crippen LogP contribution in [-0.2, 0) is 4.52 Å². The van der Waals surface area contributed by atoms with E-state index in [0.29, 0.717) is 12.5 Å². The summed E-state index contributed by atoms with van der Waals surface area (Å²) in [7, 11) is -1.46. The molecule has 0 aliphatic rings. The summed E-state index contributed by atoms with van der Waals surface area (Å²) in [6.07, 6.45) is 0.980. The van der Waals surface area contributed by atoms with Gasteiger partial charge in [0, 0.05) is 0 Å². The first-order valence-electron chi connectivity index (χ1n) is 7.95. The fourth-order valence-electron chi connectivity index (χ4n) is 1.80. The molecule has 3 nitrogen and oxygen atoms in total. The molecule has 0 saturated carbocycles. The largest absolute Gasteiger partial charge is 0.463 e. The molecular weight excluding hydrogens is 307 g/mol. The second-order valence-electron chi connectivity index (χ2n) is 6.05. The number of hydrogen-bond acceptors (Lipinski definition) is 3. The maximum absolute atomic E-state index is 5.91. The van der Waals surface area contributed by atoms with Gasteiger partial charge in [-0.25, -0.2) is 0 Å². The van der Waals surface area contributed by atoms with Gasteiger partial charge in [-0.3, -0.25) is 4.52 Å². The fraction of sp³-hybridized carbons (Fsp3) is 0.368. The summed E-state index contributed by atoms with van der Waals surface area (Å²) in [5.41, 5.74) is 2.39. The maximum Gasteiger partial charge on any atom is 0.463 e. The molecule has 0 fully saturated rings. The summed E-state index contributed by atoms with van der Waals surface area (Å²) in [4.78, 5) is 0. The highest BCUT2D eigenvalue weighted by Gasteiger charge is 2.17. The van der Waals surface area contributed by atoms with Crippen molar-refractivity contribution in [1.82, 2.24) is 0 Å². The van der Waals surface area contributed by atoms with Crippen LogP contribution in [0.15, 0.2) is 48.5 Å². The topological polar surface area (TPSA) is 27.7 Å². The second-order valence-corrected chi connectivity index (χ2v) is 7.12. The van der Waals surface area contributed by atoms with Gasteiger partial charge in [-0.15, -0.1) is 0 Å². The molecule has 0 bridgehead atoms. The van der Waals surface area contributed by atoms with Gasteiger partial charge in [0.2, 0.25) is 0 Å². The number of hydrogen-bond donors (Lipinski definition) is 0. The van der Waals surface area contributed by atoms with E-state index in [2.05, 4.69) is 27.7 Å².